The van der Waals surface area contributed by atoms with Crippen LogP contribution in [0.2, 0.25) is 0 Å². The third kappa shape index (κ3) is 3.17. The largest absolute Gasteiger partial charge is 0.388 e. The van der Waals surface area contributed by atoms with E-state index in [-0.39, 0.29) is 12.0 Å². The van der Waals surface area contributed by atoms with Crippen molar-refractivity contribution >= 4 is 43.2 Å². The number of aliphatic hydroxyl groups excluding tert-OH is 1. The normalized spacial score (nSPS) is 12.7. The number of benzene rings is 1. The fourth-order valence-corrected chi connectivity index (χ4v) is 3.52. The Morgan fingerprint density at radius 2 is 1.72 bits per heavy atom. The van der Waals surface area contributed by atoms with Crippen LogP contribution >= 0.6 is 43.2 Å². The molecule has 1 unspecified atom stereocenters. The Balaban J connectivity index is 2.26. The van der Waals surface area contributed by atoms with Crippen molar-refractivity contribution < 1.29 is 13.9 Å². The molecule has 0 saturated heterocycles. The van der Waals surface area contributed by atoms with Gasteiger partial charge in [0, 0.05) is 25.6 Å². The van der Waals surface area contributed by atoms with Gasteiger partial charge in [-0.15, -0.1) is 11.3 Å². The summed E-state index contributed by atoms with van der Waals surface area (Å²) >= 11 is 7.72. The van der Waals surface area contributed by atoms with Crippen molar-refractivity contribution in [2.45, 2.75) is 12.5 Å². The Kier molecular flexibility index (Phi) is 4.53. The average molecular weight is 398 g/mol. The van der Waals surface area contributed by atoms with Gasteiger partial charge < -0.3 is 5.11 Å². The third-order valence-corrected chi connectivity index (χ3v) is 4.57. The number of thiophene rings is 1. The average Bonchev–Trinajstić information content (AvgIpc) is 2.62. The fraction of sp³-hybridized carbons (Fsp3) is 0.167. The molecule has 0 saturated carbocycles. The molecule has 1 atom stereocenters. The number of hydrogen-bond acceptors (Lipinski definition) is 2. The molecular formula is C12H8Br2F2OS. The molecule has 18 heavy (non-hydrogen) atoms. The van der Waals surface area contributed by atoms with Crippen molar-refractivity contribution in [3.8, 4) is 0 Å². The molecule has 0 amide bonds. The van der Waals surface area contributed by atoms with Crippen LogP contribution in [0.5, 0.6) is 0 Å². The zero-order chi connectivity index (χ0) is 13.3. The molecule has 0 aliphatic heterocycles. The summed E-state index contributed by atoms with van der Waals surface area (Å²) in [6.07, 6.45) is -1.00. The van der Waals surface area contributed by atoms with E-state index < -0.39 is 17.7 Å². The van der Waals surface area contributed by atoms with Gasteiger partial charge in [-0.25, -0.2) is 8.78 Å². The highest BCUT2D eigenvalue weighted by Crippen LogP contribution is 2.29. The van der Waals surface area contributed by atoms with Gasteiger partial charge in [0.15, 0.2) is 0 Å². The lowest BCUT2D eigenvalue weighted by atomic mass is 10.0. The Morgan fingerprint density at radius 3 is 2.22 bits per heavy atom. The van der Waals surface area contributed by atoms with Crippen LogP contribution in [0.4, 0.5) is 8.78 Å². The second-order valence-corrected chi connectivity index (χ2v) is 6.56. The molecule has 2 rings (SSSR count). The SMILES string of the molecule is OC(Cc1cc(Br)cs1)c1c(F)cc(Br)cc1F. The molecule has 0 radical (unpaired) electrons. The predicted octanol–water partition coefficient (Wildman–Crippen LogP) is 4.83. The second-order valence-electron chi connectivity index (χ2n) is 3.73. The van der Waals surface area contributed by atoms with E-state index in [0.29, 0.717) is 4.47 Å². The molecule has 96 valence electrons. The Hall–Kier alpha value is -0.300. The minimum atomic E-state index is -1.19. The molecule has 0 aliphatic rings. The van der Waals surface area contributed by atoms with Crippen LogP contribution in [0.25, 0.3) is 0 Å². The van der Waals surface area contributed by atoms with E-state index in [0.717, 1.165) is 21.5 Å². The zero-order valence-electron chi connectivity index (χ0n) is 8.96. The van der Waals surface area contributed by atoms with Crippen LogP contribution in [0.15, 0.2) is 32.5 Å². The van der Waals surface area contributed by atoms with E-state index in [1.165, 1.54) is 11.3 Å². The molecule has 6 heteroatoms. The Bertz CT molecular complexity index is 548. The van der Waals surface area contributed by atoms with E-state index >= 15 is 0 Å². The highest BCUT2D eigenvalue weighted by molar-refractivity contribution is 9.10. The molecule has 1 aromatic heterocycles. The van der Waals surface area contributed by atoms with Gasteiger partial charge in [-0.2, -0.15) is 0 Å². The first-order valence-electron chi connectivity index (χ1n) is 5.03. The first-order chi connectivity index (χ1) is 8.47. The fourth-order valence-electron chi connectivity index (χ4n) is 1.63. The standard InChI is InChI=1S/C12H8Br2F2OS/c13-6-2-9(15)12(10(16)3-6)11(17)4-8-1-7(14)5-18-8/h1-3,5,11,17H,4H2. The third-order valence-electron chi connectivity index (χ3n) is 2.39. The van der Waals surface area contributed by atoms with Crippen LogP contribution in [0.1, 0.15) is 16.5 Å². The molecular weight excluding hydrogens is 390 g/mol. The maximum absolute atomic E-state index is 13.6. The van der Waals surface area contributed by atoms with Crippen molar-refractivity contribution in [1.29, 1.82) is 0 Å². The number of aliphatic hydroxyl groups is 1. The van der Waals surface area contributed by atoms with E-state index in [1.54, 1.807) is 0 Å². The molecule has 0 bridgehead atoms. The first kappa shape index (κ1) is 14.1. The monoisotopic (exact) mass is 396 g/mol. The van der Waals surface area contributed by atoms with Crippen LogP contribution in [0, 0.1) is 11.6 Å². The van der Waals surface area contributed by atoms with Crippen molar-refractivity contribution in [3.63, 3.8) is 0 Å². The molecule has 1 nitrogen and oxygen atoms in total. The Morgan fingerprint density at radius 1 is 1.11 bits per heavy atom. The number of rotatable bonds is 3. The summed E-state index contributed by atoms with van der Waals surface area (Å²) in [7, 11) is 0. The van der Waals surface area contributed by atoms with Gasteiger partial charge >= 0.3 is 0 Å². The van der Waals surface area contributed by atoms with Crippen molar-refractivity contribution in [3.05, 3.63) is 54.6 Å². The summed E-state index contributed by atoms with van der Waals surface area (Å²) in [6, 6.07) is 4.11. The first-order valence-corrected chi connectivity index (χ1v) is 7.49. The van der Waals surface area contributed by atoms with Gasteiger partial charge in [0.25, 0.3) is 0 Å². The molecule has 0 fully saturated rings. The van der Waals surface area contributed by atoms with Gasteiger partial charge in [-0.1, -0.05) is 15.9 Å². The van der Waals surface area contributed by atoms with Gasteiger partial charge in [0.1, 0.15) is 11.6 Å². The van der Waals surface area contributed by atoms with E-state index in [9.17, 15) is 13.9 Å². The van der Waals surface area contributed by atoms with Gasteiger partial charge in [0.2, 0.25) is 0 Å². The minimum Gasteiger partial charge on any atom is -0.388 e. The Labute approximate surface area is 124 Å². The van der Waals surface area contributed by atoms with Crippen LogP contribution < -0.4 is 0 Å². The molecule has 1 heterocycles. The van der Waals surface area contributed by atoms with Gasteiger partial charge in [-0.05, 0) is 34.1 Å². The summed E-state index contributed by atoms with van der Waals surface area (Å²) in [5, 5.41) is 11.8. The summed E-state index contributed by atoms with van der Waals surface area (Å²) in [5.74, 6) is -1.49. The van der Waals surface area contributed by atoms with Gasteiger partial charge in [0.05, 0.1) is 11.7 Å². The minimum absolute atomic E-state index is 0.186. The summed E-state index contributed by atoms with van der Waals surface area (Å²) in [4.78, 5) is 0.857. The van der Waals surface area contributed by atoms with Crippen LogP contribution in [-0.4, -0.2) is 5.11 Å². The summed E-state index contributed by atoms with van der Waals surface area (Å²) in [6.45, 7) is 0. The van der Waals surface area contributed by atoms with Crippen molar-refractivity contribution in [2.75, 3.05) is 0 Å². The second kappa shape index (κ2) is 5.77. The summed E-state index contributed by atoms with van der Waals surface area (Å²) < 4.78 is 28.5. The lowest BCUT2D eigenvalue weighted by Gasteiger charge is -2.12. The van der Waals surface area contributed by atoms with E-state index in [2.05, 4.69) is 31.9 Å². The highest BCUT2D eigenvalue weighted by Gasteiger charge is 2.19. The topological polar surface area (TPSA) is 20.2 Å². The van der Waals surface area contributed by atoms with Gasteiger partial charge in [-0.3, -0.25) is 0 Å². The van der Waals surface area contributed by atoms with Crippen molar-refractivity contribution in [1.82, 2.24) is 0 Å². The maximum atomic E-state index is 13.6. The van der Waals surface area contributed by atoms with Crippen LogP contribution in [-0.2, 0) is 6.42 Å². The molecule has 2 aromatic rings. The molecule has 1 N–H and O–H groups in total. The maximum Gasteiger partial charge on any atom is 0.133 e. The smallest absolute Gasteiger partial charge is 0.133 e. The van der Waals surface area contributed by atoms with E-state index in [1.807, 2.05) is 11.4 Å². The highest BCUT2D eigenvalue weighted by atomic mass is 79.9. The molecule has 0 spiro atoms. The number of halogens is 4. The van der Waals surface area contributed by atoms with Crippen LogP contribution in [0.3, 0.4) is 0 Å². The molecule has 1 aromatic carbocycles. The van der Waals surface area contributed by atoms with Crippen molar-refractivity contribution in [2.24, 2.45) is 0 Å². The lowest BCUT2D eigenvalue weighted by molar-refractivity contribution is 0.169. The lowest BCUT2D eigenvalue weighted by Crippen LogP contribution is -2.06. The zero-order valence-corrected chi connectivity index (χ0v) is 12.9. The quantitative estimate of drug-likeness (QED) is 0.786. The summed E-state index contributed by atoms with van der Waals surface area (Å²) in [5.41, 5.74) is -0.289. The predicted molar refractivity (Wildman–Crippen MR) is 74.7 cm³/mol. The molecule has 0 aliphatic carbocycles. The number of hydrogen-bond donors (Lipinski definition) is 1. The van der Waals surface area contributed by atoms with E-state index in [4.69, 9.17) is 0 Å².